The van der Waals surface area contributed by atoms with Crippen LogP contribution in [0.1, 0.15) is 52.0 Å². The fraction of sp³-hybridized carbons (Fsp3) is 0.435. The van der Waals surface area contributed by atoms with E-state index in [1.807, 2.05) is 13.0 Å². The molecule has 0 saturated carbocycles. The van der Waals surface area contributed by atoms with Gasteiger partial charge in [0, 0.05) is 14.8 Å². The Morgan fingerprint density at radius 1 is 0.963 bits per heavy atom. The summed E-state index contributed by atoms with van der Waals surface area (Å²) in [7, 11) is 0. The first-order valence-corrected chi connectivity index (χ1v) is 9.52. The van der Waals surface area contributed by atoms with E-state index in [1.165, 1.54) is 29.5 Å². The number of hydrogen-bond acceptors (Lipinski definition) is 2. The second-order valence-corrected chi connectivity index (χ2v) is 6.66. The molecule has 2 N–H and O–H groups in total. The highest BCUT2D eigenvalue weighted by Gasteiger charge is 2.15. The van der Waals surface area contributed by atoms with E-state index in [1.54, 1.807) is 6.92 Å². The first-order valence-electron chi connectivity index (χ1n) is 9.52. The highest BCUT2D eigenvalue weighted by Crippen LogP contribution is 2.23. The Morgan fingerprint density at radius 2 is 1.48 bits per heavy atom. The molecule has 0 aliphatic carbocycles. The van der Waals surface area contributed by atoms with Gasteiger partial charge in [-0.25, -0.2) is 0 Å². The molecule has 0 heterocycles. The Balaban J connectivity index is 0.00000100. The topological polar surface area (TPSA) is 57.5 Å². The number of carboxylic acid groups (broad SMARTS) is 1. The molecule has 2 rings (SSSR count). The number of hydrogen-bond donors (Lipinski definition) is 2. The van der Waals surface area contributed by atoms with Crippen molar-refractivity contribution in [3.05, 3.63) is 60.2 Å². The maximum atomic E-state index is 9.93. The van der Waals surface area contributed by atoms with Gasteiger partial charge in [0.2, 0.25) is 0 Å². The van der Waals surface area contributed by atoms with Crippen LogP contribution in [-0.4, -0.2) is 30.7 Å². The summed E-state index contributed by atoms with van der Waals surface area (Å²) < 4.78 is 0. The highest BCUT2D eigenvalue weighted by atomic mass is 16.4. The van der Waals surface area contributed by atoms with E-state index in [9.17, 15) is 9.90 Å². The summed E-state index contributed by atoms with van der Waals surface area (Å²) in [6, 6.07) is 19.2. The molecule has 2 atom stereocenters. The van der Waals surface area contributed by atoms with Crippen molar-refractivity contribution in [3.8, 4) is 11.1 Å². The molecule has 0 aliphatic rings. The molecular formula is C23H32BO3. The van der Waals surface area contributed by atoms with E-state index in [-0.39, 0.29) is 20.9 Å². The van der Waals surface area contributed by atoms with Gasteiger partial charge in [0.05, 0.1) is 6.10 Å². The number of aliphatic carboxylic acids is 1. The third kappa shape index (κ3) is 10.0. The minimum atomic E-state index is -0.745. The number of aliphatic hydroxyl groups is 1. The normalized spacial score (nSPS) is 12.1. The number of unbranched alkanes of at least 4 members (excludes halogenated alkanes) is 1. The van der Waals surface area contributed by atoms with Crippen molar-refractivity contribution in [1.82, 2.24) is 0 Å². The average molecular weight is 367 g/mol. The lowest BCUT2D eigenvalue weighted by atomic mass is 9.89. The summed E-state index contributed by atoms with van der Waals surface area (Å²) in [5, 5.41) is 17.7. The van der Waals surface area contributed by atoms with Crippen LogP contribution in [0.3, 0.4) is 0 Å². The molecule has 0 bridgehead atoms. The van der Waals surface area contributed by atoms with Crippen LogP contribution in [-0.2, 0) is 11.2 Å². The first-order chi connectivity index (χ1) is 12.5. The fourth-order valence-corrected chi connectivity index (χ4v) is 2.75. The van der Waals surface area contributed by atoms with Gasteiger partial charge in [-0.1, -0.05) is 81.3 Å². The minimum Gasteiger partial charge on any atom is -0.481 e. The van der Waals surface area contributed by atoms with Gasteiger partial charge < -0.3 is 10.2 Å². The lowest BCUT2D eigenvalue weighted by Gasteiger charge is -2.20. The Labute approximate surface area is 166 Å². The van der Waals surface area contributed by atoms with Crippen LogP contribution in [0.2, 0.25) is 0 Å². The Bertz CT molecular complexity index is 624. The van der Waals surface area contributed by atoms with Gasteiger partial charge in [-0.3, -0.25) is 4.79 Å². The lowest BCUT2D eigenvalue weighted by molar-refractivity contribution is -0.136. The molecule has 0 aliphatic heterocycles. The van der Waals surface area contributed by atoms with Crippen LogP contribution < -0.4 is 0 Å². The molecule has 0 saturated heterocycles. The van der Waals surface area contributed by atoms with Crippen LogP contribution in [0.15, 0.2) is 54.6 Å². The zero-order valence-electron chi connectivity index (χ0n) is 16.8. The lowest BCUT2D eigenvalue weighted by Crippen LogP contribution is -2.19. The van der Waals surface area contributed by atoms with E-state index in [0.717, 1.165) is 12.8 Å². The van der Waals surface area contributed by atoms with Crippen LogP contribution in [0.5, 0.6) is 0 Å². The SMILES string of the molecule is CCC(=O)O.CCCC[C@@H](Cc1ccc(-c2ccccc2)cc1)[C@@H](C)O.[B]. The predicted octanol–water partition coefficient (Wildman–Crippen LogP) is 5.18. The molecule has 3 radical (unpaired) electrons. The Kier molecular flexibility index (Phi) is 13.0. The monoisotopic (exact) mass is 367 g/mol. The van der Waals surface area contributed by atoms with Crippen molar-refractivity contribution in [2.24, 2.45) is 5.92 Å². The summed E-state index contributed by atoms with van der Waals surface area (Å²) in [5.74, 6) is -0.377. The predicted molar refractivity (Wildman–Crippen MR) is 114 cm³/mol. The van der Waals surface area contributed by atoms with Crippen molar-refractivity contribution in [2.75, 3.05) is 0 Å². The molecule has 145 valence electrons. The molecule has 0 unspecified atom stereocenters. The quantitative estimate of drug-likeness (QED) is 0.632. The highest BCUT2D eigenvalue weighted by molar-refractivity contribution is 5.75. The molecule has 0 amide bonds. The Morgan fingerprint density at radius 3 is 1.93 bits per heavy atom. The number of benzene rings is 2. The van der Waals surface area contributed by atoms with Crippen molar-refractivity contribution in [1.29, 1.82) is 0 Å². The van der Waals surface area contributed by atoms with Crippen molar-refractivity contribution in [3.63, 3.8) is 0 Å². The molecule has 2 aromatic carbocycles. The first kappa shape index (κ1) is 24.9. The second kappa shape index (κ2) is 14.0. The number of carboxylic acids is 1. The van der Waals surface area contributed by atoms with Crippen LogP contribution in [0.25, 0.3) is 11.1 Å². The van der Waals surface area contributed by atoms with E-state index in [0.29, 0.717) is 5.92 Å². The van der Waals surface area contributed by atoms with Crippen molar-refractivity contribution in [2.45, 2.75) is 59.0 Å². The molecular weight excluding hydrogens is 335 g/mol. The minimum absolute atomic E-state index is 0. The van der Waals surface area contributed by atoms with E-state index >= 15 is 0 Å². The zero-order valence-corrected chi connectivity index (χ0v) is 16.8. The van der Waals surface area contributed by atoms with E-state index in [4.69, 9.17) is 5.11 Å². The molecule has 27 heavy (non-hydrogen) atoms. The standard InChI is InChI=1S/C20H26O.C3H6O2.B/c1-3-4-8-20(16(2)21)15-17-11-13-19(14-12-17)18-9-6-5-7-10-18;1-2-3(4)5;/h5-7,9-14,16,20-21H,3-4,8,15H2,1-2H3;2H2,1H3,(H,4,5);/t16-,20+;;/m1../s1. The fourth-order valence-electron chi connectivity index (χ4n) is 2.75. The third-order valence-corrected chi connectivity index (χ3v) is 4.47. The summed E-state index contributed by atoms with van der Waals surface area (Å²) in [6.45, 7) is 5.72. The molecule has 3 nitrogen and oxygen atoms in total. The van der Waals surface area contributed by atoms with Gasteiger partial charge in [0.25, 0.3) is 0 Å². The molecule has 0 fully saturated rings. The summed E-state index contributed by atoms with van der Waals surface area (Å²) in [6.07, 6.45) is 4.44. The molecule has 4 heteroatoms. The second-order valence-electron chi connectivity index (χ2n) is 6.66. The van der Waals surface area contributed by atoms with Crippen LogP contribution in [0.4, 0.5) is 0 Å². The van der Waals surface area contributed by atoms with Crippen molar-refractivity contribution < 1.29 is 15.0 Å². The molecule has 0 spiro atoms. The summed E-state index contributed by atoms with van der Waals surface area (Å²) in [4.78, 5) is 9.37. The van der Waals surface area contributed by atoms with Crippen molar-refractivity contribution >= 4 is 14.4 Å². The smallest absolute Gasteiger partial charge is 0.303 e. The largest absolute Gasteiger partial charge is 0.481 e. The number of aliphatic hydroxyl groups excluding tert-OH is 1. The van der Waals surface area contributed by atoms with Gasteiger partial charge in [0.15, 0.2) is 0 Å². The maximum Gasteiger partial charge on any atom is 0.303 e. The number of rotatable bonds is 8. The maximum absolute atomic E-state index is 9.93. The van der Waals surface area contributed by atoms with E-state index in [2.05, 4.69) is 55.5 Å². The molecule has 0 aromatic heterocycles. The average Bonchev–Trinajstić information content (AvgIpc) is 2.66. The molecule has 2 aromatic rings. The van der Waals surface area contributed by atoms with Gasteiger partial charge in [-0.05, 0) is 42.4 Å². The van der Waals surface area contributed by atoms with E-state index < -0.39 is 5.97 Å². The zero-order chi connectivity index (χ0) is 19.4. The third-order valence-electron chi connectivity index (χ3n) is 4.47. The van der Waals surface area contributed by atoms with Gasteiger partial charge in [-0.2, -0.15) is 0 Å². The number of carbonyl (C=O) groups is 1. The van der Waals surface area contributed by atoms with Crippen LogP contribution in [0, 0.1) is 5.92 Å². The van der Waals surface area contributed by atoms with Gasteiger partial charge in [-0.15, -0.1) is 0 Å². The van der Waals surface area contributed by atoms with Crippen LogP contribution >= 0.6 is 0 Å². The summed E-state index contributed by atoms with van der Waals surface area (Å²) >= 11 is 0. The van der Waals surface area contributed by atoms with Gasteiger partial charge in [0.1, 0.15) is 0 Å². The Hall–Kier alpha value is -2.07. The summed E-state index contributed by atoms with van der Waals surface area (Å²) in [5.41, 5.74) is 3.82. The van der Waals surface area contributed by atoms with Gasteiger partial charge >= 0.3 is 5.97 Å².